The molecule has 0 aliphatic rings. The van der Waals surface area contributed by atoms with Crippen molar-refractivity contribution in [2.24, 2.45) is 0 Å². The minimum absolute atomic E-state index is 0.0330. The number of pyridine rings is 2. The van der Waals surface area contributed by atoms with Crippen molar-refractivity contribution in [1.82, 2.24) is 15.3 Å². The maximum Gasteiger partial charge on any atom is 0.261 e. The Balaban J connectivity index is 1.38. The standard InChI is InChI=1S/C25H20FN3O3/c1-16-3-2-4-18(13-16)22-11-10-21(25(31)29-22)24(30)28-15-17-5-12-23(27-14-17)32-20-8-6-19(26)7-9-20/h2-14H,15H2,1H3,(H,28,30)(H,29,31). The van der Waals surface area contributed by atoms with Gasteiger partial charge in [0.1, 0.15) is 17.1 Å². The maximum atomic E-state index is 13.0. The first-order chi connectivity index (χ1) is 15.5. The molecular weight excluding hydrogens is 409 g/mol. The first-order valence-electron chi connectivity index (χ1n) is 9.95. The van der Waals surface area contributed by atoms with Gasteiger partial charge in [0.05, 0.1) is 0 Å². The van der Waals surface area contributed by atoms with E-state index in [4.69, 9.17) is 4.74 Å². The van der Waals surface area contributed by atoms with E-state index in [-0.39, 0.29) is 17.9 Å². The fourth-order valence-electron chi connectivity index (χ4n) is 3.11. The number of nitrogens with one attached hydrogen (secondary N) is 2. The SMILES string of the molecule is Cc1cccc(-c2ccc(C(=O)NCc3ccc(Oc4ccc(F)cc4)nc3)c(=O)[nH]2)c1. The van der Waals surface area contributed by atoms with Gasteiger partial charge in [-0.3, -0.25) is 9.59 Å². The van der Waals surface area contributed by atoms with Crippen LogP contribution in [0.2, 0.25) is 0 Å². The van der Waals surface area contributed by atoms with Gasteiger partial charge in [-0.1, -0.05) is 29.8 Å². The predicted molar refractivity (Wildman–Crippen MR) is 119 cm³/mol. The Morgan fingerprint density at radius 2 is 1.88 bits per heavy atom. The number of aromatic amines is 1. The number of rotatable bonds is 6. The highest BCUT2D eigenvalue weighted by atomic mass is 19.1. The Labute approximate surface area is 183 Å². The third kappa shape index (κ3) is 5.07. The number of hydrogen-bond acceptors (Lipinski definition) is 4. The van der Waals surface area contributed by atoms with Crippen molar-refractivity contribution in [1.29, 1.82) is 0 Å². The largest absolute Gasteiger partial charge is 0.439 e. The van der Waals surface area contributed by atoms with Crippen molar-refractivity contribution in [3.8, 4) is 22.9 Å². The second-order valence-corrected chi connectivity index (χ2v) is 7.23. The Kier molecular flexibility index (Phi) is 6.07. The molecule has 2 aromatic carbocycles. The quantitative estimate of drug-likeness (QED) is 0.469. The Hall–Kier alpha value is -4.26. The molecule has 160 valence electrons. The minimum atomic E-state index is -0.478. The molecule has 4 rings (SSSR count). The number of H-pyrrole nitrogens is 1. The van der Waals surface area contributed by atoms with Crippen LogP contribution in [0.4, 0.5) is 4.39 Å². The summed E-state index contributed by atoms with van der Waals surface area (Å²) in [5.41, 5.74) is 2.91. The summed E-state index contributed by atoms with van der Waals surface area (Å²) >= 11 is 0. The number of aryl methyl sites for hydroxylation is 1. The van der Waals surface area contributed by atoms with E-state index in [1.54, 1.807) is 24.4 Å². The number of carbonyl (C=O) groups excluding carboxylic acids is 1. The molecule has 0 bridgehead atoms. The van der Waals surface area contributed by atoms with Crippen LogP contribution in [0.5, 0.6) is 11.6 Å². The monoisotopic (exact) mass is 429 g/mol. The van der Waals surface area contributed by atoms with E-state index in [9.17, 15) is 14.0 Å². The van der Waals surface area contributed by atoms with E-state index in [2.05, 4.69) is 15.3 Å². The van der Waals surface area contributed by atoms with Crippen LogP contribution in [0, 0.1) is 12.7 Å². The van der Waals surface area contributed by atoms with Crippen molar-refractivity contribution < 1.29 is 13.9 Å². The lowest BCUT2D eigenvalue weighted by atomic mass is 10.1. The number of nitrogens with zero attached hydrogens (tertiary/aromatic N) is 1. The van der Waals surface area contributed by atoms with Crippen LogP contribution in [-0.4, -0.2) is 15.9 Å². The molecule has 0 aliphatic heterocycles. The zero-order valence-electron chi connectivity index (χ0n) is 17.3. The average Bonchev–Trinajstić information content (AvgIpc) is 2.80. The Morgan fingerprint density at radius 3 is 2.56 bits per heavy atom. The van der Waals surface area contributed by atoms with E-state index in [1.807, 2.05) is 31.2 Å². The normalized spacial score (nSPS) is 10.6. The van der Waals surface area contributed by atoms with Crippen LogP contribution in [-0.2, 0) is 6.54 Å². The van der Waals surface area contributed by atoms with Gasteiger partial charge in [0, 0.05) is 24.5 Å². The molecule has 0 radical (unpaired) electrons. The van der Waals surface area contributed by atoms with E-state index in [0.717, 1.165) is 16.7 Å². The minimum Gasteiger partial charge on any atom is -0.439 e. The third-order valence-corrected chi connectivity index (χ3v) is 4.77. The number of amides is 1. The van der Waals surface area contributed by atoms with Crippen molar-refractivity contribution in [2.45, 2.75) is 13.5 Å². The first kappa shape index (κ1) is 21.0. The highest BCUT2D eigenvalue weighted by Crippen LogP contribution is 2.20. The predicted octanol–water partition coefficient (Wildman–Crippen LogP) is 4.61. The van der Waals surface area contributed by atoms with E-state index >= 15 is 0 Å². The van der Waals surface area contributed by atoms with Gasteiger partial charge in [-0.2, -0.15) is 0 Å². The highest BCUT2D eigenvalue weighted by Gasteiger charge is 2.12. The number of aromatic nitrogens is 2. The number of hydrogen-bond donors (Lipinski definition) is 2. The number of ether oxygens (including phenoxy) is 1. The van der Waals surface area contributed by atoms with E-state index in [1.165, 1.54) is 30.3 Å². The first-order valence-corrected chi connectivity index (χ1v) is 9.95. The van der Waals surface area contributed by atoms with Gasteiger partial charge in [0.25, 0.3) is 11.5 Å². The van der Waals surface area contributed by atoms with Gasteiger partial charge >= 0.3 is 0 Å². The Bertz CT molecular complexity index is 1300. The molecule has 0 aliphatic carbocycles. The summed E-state index contributed by atoms with van der Waals surface area (Å²) in [6.45, 7) is 2.17. The molecule has 0 spiro atoms. The fourth-order valence-corrected chi connectivity index (χ4v) is 3.11. The topological polar surface area (TPSA) is 84.1 Å². The van der Waals surface area contributed by atoms with Crippen LogP contribution in [0.15, 0.2) is 83.8 Å². The second-order valence-electron chi connectivity index (χ2n) is 7.23. The summed E-state index contributed by atoms with van der Waals surface area (Å²) < 4.78 is 18.5. The van der Waals surface area contributed by atoms with Crippen LogP contribution >= 0.6 is 0 Å². The Morgan fingerprint density at radius 1 is 1.06 bits per heavy atom. The molecule has 4 aromatic rings. The molecule has 0 saturated carbocycles. The van der Waals surface area contributed by atoms with Crippen molar-refractivity contribution in [2.75, 3.05) is 0 Å². The van der Waals surface area contributed by atoms with Gasteiger partial charge in [-0.15, -0.1) is 0 Å². The second kappa shape index (κ2) is 9.26. The maximum absolute atomic E-state index is 13.0. The molecule has 0 unspecified atom stereocenters. The molecule has 7 heteroatoms. The molecule has 2 heterocycles. The van der Waals surface area contributed by atoms with Crippen molar-refractivity contribution in [3.05, 3.63) is 112 Å². The van der Waals surface area contributed by atoms with Crippen LogP contribution < -0.4 is 15.6 Å². The lowest BCUT2D eigenvalue weighted by molar-refractivity contribution is 0.0949. The third-order valence-electron chi connectivity index (χ3n) is 4.77. The summed E-state index contributed by atoms with van der Waals surface area (Å²) in [7, 11) is 0. The van der Waals surface area contributed by atoms with Crippen LogP contribution in [0.25, 0.3) is 11.3 Å². The summed E-state index contributed by atoms with van der Waals surface area (Å²) in [4.78, 5) is 31.8. The van der Waals surface area contributed by atoms with Gasteiger partial charge in [0.2, 0.25) is 5.88 Å². The van der Waals surface area contributed by atoms with Crippen LogP contribution in [0.1, 0.15) is 21.5 Å². The van der Waals surface area contributed by atoms with Crippen LogP contribution in [0.3, 0.4) is 0 Å². The smallest absolute Gasteiger partial charge is 0.261 e. The molecule has 0 fully saturated rings. The average molecular weight is 429 g/mol. The fraction of sp³-hybridized carbons (Fsp3) is 0.0800. The summed E-state index contributed by atoms with van der Waals surface area (Å²) in [6.07, 6.45) is 1.56. The molecule has 2 N–H and O–H groups in total. The molecule has 6 nitrogen and oxygen atoms in total. The lowest BCUT2D eigenvalue weighted by Gasteiger charge is -2.08. The number of carbonyl (C=O) groups is 1. The van der Waals surface area contributed by atoms with Crippen molar-refractivity contribution in [3.63, 3.8) is 0 Å². The molecule has 2 aromatic heterocycles. The lowest BCUT2D eigenvalue weighted by Crippen LogP contribution is -2.29. The zero-order valence-corrected chi connectivity index (χ0v) is 17.3. The van der Waals surface area contributed by atoms with E-state index < -0.39 is 11.5 Å². The molecule has 32 heavy (non-hydrogen) atoms. The number of halogens is 1. The van der Waals surface area contributed by atoms with Gasteiger partial charge < -0.3 is 15.0 Å². The van der Waals surface area contributed by atoms with Crippen molar-refractivity contribution >= 4 is 5.91 Å². The summed E-state index contributed by atoms with van der Waals surface area (Å²) in [6, 6.07) is 20.0. The zero-order chi connectivity index (χ0) is 22.5. The highest BCUT2D eigenvalue weighted by molar-refractivity contribution is 5.94. The van der Waals surface area contributed by atoms with Gasteiger partial charge in [0.15, 0.2) is 0 Å². The molecule has 0 atom stereocenters. The molecule has 0 saturated heterocycles. The van der Waals surface area contributed by atoms with Gasteiger partial charge in [-0.05, 0) is 60.5 Å². The summed E-state index contributed by atoms with van der Waals surface area (Å²) in [5, 5.41) is 2.72. The molecule has 1 amide bonds. The van der Waals surface area contributed by atoms with E-state index in [0.29, 0.717) is 17.3 Å². The number of benzene rings is 2. The molecular formula is C25H20FN3O3. The van der Waals surface area contributed by atoms with Gasteiger partial charge in [-0.25, -0.2) is 9.37 Å². The summed E-state index contributed by atoms with van der Waals surface area (Å²) in [5.74, 6) is -0.0168.